The molecule has 3 heterocycles. The van der Waals surface area contributed by atoms with Gasteiger partial charge in [-0.3, -0.25) is 9.97 Å². The molecule has 0 amide bonds. The van der Waals surface area contributed by atoms with Gasteiger partial charge in [0.05, 0.1) is 22.2 Å². The Hall–Kier alpha value is -6.45. The topological polar surface area (TPSA) is 38.7 Å². The maximum atomic E-state index is 5.44. The van der Waals surface area contributed by atoms with Crippen LogP contribution >= 0.6 is 0 Å². The molecule has 3 nitrogen and oxygen atoms in total. The largest absolute Gasteiger partial charge is 0.254 e. The third kappa shape index (κ3) is 4.04. The van der Waals surface area contributed by atoms with Gasteiger partial charge in [-0.25, -0.2) is 4.98 Å². The van der Waals surface area contributed by atoms with Crippen LogP contribution in [0.3, 0.4) is 0 Å². The van der Waals surface area contributed by atoms with Gasteiger partial charge in [0.1, 0.15) is 0 Å². The quantitative estimate of drug-likeness (QED) is 0.187. The van der Waals surface area contributed by atoms with Crippen molar-refractivity contribution in [2.75, 3.05) is 0 Å². The van der Waals surface area contributed by atoms with Crippen LogP contribution in [0.5, 0.6) is 0 Å². The summed E-state index contributed by atoms with van der Waals surface area (Å²) in [6, 6.07) is 54.2. The first-order chi connectivity index (χ1) is 23.8. The van der Waals surface area contributed by atoms with Gasteiger partial charge in [-0.2, -0.15) is 0 Å². The smallest absolute Gasteiger partial charge is 0.0970 e. The van der Waals surface area contributed by atoms with Crippen LogP contribution in [0.2, 0.25) is 0 Å². The molecule has 10 aromatic rings. The van der Waals surface area contributed by atoms with E-state index in [4.69, 9.17) is 9.97 Å². The van der Waals surface area contributed by atoms with Crippen LogP contribution in [0, 0.1) is 0 Å². The van der Waals surface area contributed by atoms with Crippen molar-refractivity contribution in [2.45, 2.75) is 0 Å². The summed E-state index contributed by atoms with van der Waals surface area (Å²) < 4.78 is 0. The van der Waals surface area contributed by atoms with Gasteiger partial charge in [0.15, 0.2) is 0 Å². The summed E-state index contributed by atoms with van der Waals surface area (Å²) in [5.41, 5.74) is 9.68. The minimum Gasteiger partial charge on any atom is -0.254 e. The van der Waals surface area contributed by atoms with Crippen LogP contribution in [0.1, 0.15) is 0 Å². The molecule has 0 bridgehead atoms. The molecule has 48 heavy (non-hydrogen) atoms. The van der Waals surface area contributed by atoms with Crippen molar-refractivity contribution in [1.82, 2.24) is 15.0 Å². The van der Waals surface area contributed by atoms with Gasteiger partial charge in [0.25, 0.3) is 0 Å². The summed E-state index contributed by atoms with van der Waals surface area (Å²) in [5.74, 6) is 0. The lowest BCUT2D eigenvalue weighted by atomic mass is 9.92. The minimum atomic E-state index is 0.932. The number of aromatic nitrogens is 3. The molecule has 0 radical (unpaired) electrons. The fraction of sp³-hybridized carbons (Fsp3) is 0. The van der Waals surface area contributed by atoms with Crippen LogP contribution in [-0.4, -0.2) is 15.0 Å². The second-order valence-electron chi connectivity index (χ2n) is 12.4. The monoisotopic (exact) mass is 609 g/mol. The number of hydrogen-bond acceptors (Lipinski definition) is 3. The van der Waals surface area contributed by atoms with Crippen molar-refractivity contribution in [3.63, 3.8) is 0 Å². The van der Waals surface area contributed by atoms with Gasteiger partial charge in [-0.15, -0.1) is 0 Å². The van der Waals surface area contributed by atoms with E-state index in [1.807, 2.05) is 24.5 Å². The summed E-state index contributed by atoms with van der Waals surface area (Å²) in [7, 11) is 0. The van der Waals surface area contributed by atoms with Gasteiger partial charge in [-0.1, -0.05) is 133 Å². The molecule has 0 aliphatic rings. The first-order valence-corrected chi connectivity index (χ1v) is 16.3. The summed E-state index contributed by atoms with van der Waals surface area (Å²) in [4.78, 5) is 14.7. The van der Waals surface area contributed by atoms with Crippen molar-refractivity contribution in [3.8, 4) is 33.5 Å². The average molecular weight is 610 g/mol. The van der Waals surface area contributed by atoms with E-state index < -0.39 is 0 Å². The highest BCUT2D eigenvalue weighted by Crippen LogP contribution is 2.41. The standard InChI is InChI=1S/C45H27N3/c1-3-12-35-33(10-1)34-11-2-5-14-37(34)44-41(35)36-13-4-6-15-38(36)42(48-44)31-23-19-29(20-24-31)28-17-21-30(22-18-28)40-27-32-9-7-25-46-43(32)45-39(40)16-8-26-47-45/h1-27H. The SMILES string of the molecule is c1cnc2c(c1)cc(-c1ccc(-c3ccc(-c4nc5c6ccccc6c6ccccc6c5c5ccccc45)cc3)cc1)c1cccnc12. The lowest BCUT2D eigenvalue weighted by Gasteiger charge is -2.15. The zero-order valence-corrected chi connectivity index (χ0v) is 25.9. The number of fused-ring (bicyclic) bond motifs is 11. The van der Waals surface area contributed by atoms with Crippen LogP contribution in [0.25, 0.3) is 98.5 Å². The Morgan fingerprint density at radius 1 is 0.333 bits per heavy atom. The number of pyridine rings is 3. The Labute approximate surface area is 276 Å². The van der Waals surface area contributed by atoms with Crippen molar-refractivity contribution < 1.29 is 0 Å². The molecular weight excluding hydrogens is 583 g/mol. The molecule has 3 aromatic heterocycles. The van der Waals surface area contributed by atoms with Gasteiger partial charge in [0.2, 0.25) is 0 Å². The fourth-order valence-corrected chi connectivity index (χ4v) is 7.49. The lowest BCUT2D eigenvalue weighted by molar-refractivity contribution is 1.37. The van der Waals surface area contributed by atoms with Crippen molar-refractivity contribution in [3.05, 3.63) is 164 Å². The number of benzene rings is 7. The van der Waals surface area contributed by atoms with Crippen LogP contribution in [-0.2, 0) is 0 Å². The predicted octanol–water partition coefficient (Wildman–Crippen LogP) is 11.8. The molecular formula is C45H27N3. The van der Waals surface area contributed by atoms with Gasteiger partial charge in [-0.05, 0) is 62.0 Å². The molecule has 10 rings (SSSR count). The highest BCUT2D eigenvalue weighted by molar-refractivity contribution is 6.31. The maximum absolute atomic E-state index is 5.44. The molecule has 0 atom stereocenters. The Kier molecular flexibility index (Phi) is 5.87. The summed E-state index contributed by atoms with van der Waals surface area (Å²) in [6.45, 7) is 0. The van der Waals surface area contributed by atoms with E-state index in [1.165, 1.54) is 43.4 Å². The molecule has 0 saturated heterocycles. The van der Waals surface area contributed by atoms with Crippen molar-refractivity contribution in [1.29, 1.82) is 0 Å². The number of hydrogen-bond donors (Lipinski definition) is 0. The maximum Gasteiger partial charge on any atom is 0.0970 e. The molecule has 222 valence electrons. The van der Waals surface area contributed by atoms with Crippen molar-refractivity contribution in [2.24, 2.45) is 0 Å². The highest BCUT2D eigenvalue weighted by Gasteiger charge is 2.16. The van der Waals surface area contributed by atoms with E-state index in [0.29, 0.717) is 0 Å². The normalized spacial score (nSPS) is 11.8. The third-order valence-corrected chi connectivity index (χ3v) is 9.73. The van der Waals surface area contributed by atoms with E-state index in [1.54, 1.807) is 0 Å². The first kappa shape index (κ1) is 26.7. The van der Waals surface area contributed by atoms with E-state index in [-0.39, 0.29) is 0 Å². The van der Waals surface area contributed by atoms with E-state index in [0.717, 1.165) is 55.1 Å². The first-order valence-electron chi connectivity index (χ1n) is 16.3. The van der Waals surface area contributed by atoms with E-state index >= 15 is 0 Å². The number of nitrogens with zero attached hydrogens (tertiary/aromatic N) is 3. The molecule has 7 aromatic carbocycles. The lowest BCUT2D eigenvalue weighted by Crippen LogP contribution is -1.92. The highest BCUT2D eigenvalue weighted by atomic mass is 14.7. The van der Waals surface area contributed by atoms with Gasteiger partial charge in [0, 0.05) is 44.9 Å². The zero-order chi connectivity index (χ0) is 31.6. The molecule has 0 N–H and O–H groups in total. The van der Waals surface area contributed by atoms with Crippen LogP contribution in [0.4, 0.5) is 0 Å². The van der Waals surface area contributed by atoms with Crippen LogP contribution in [0.15, 0.2) is 164 Å². The zero-order valence-electron chi connectivity index (χ0n) is 25.9. The second kappa shape index (κ2) is 10.5. The minimum absolute atomic E-state index is 0.932. The van der Waals surface area contributed by atoms with Gasteiger partial charge >= 0.3 is 0 Å². The second-order valence-corrected chi connectivity index (χ2v) is 12.4. The predicted molar refractivity (Wildman–Crippen MR) is 201 cm³/mol. The van der Waals surface area contributed by atoms with E-state index in [9.17, 15) is 0 Å². The fourth-order valence-electron chi connectivity index (χ4n) is 7.49. The Morgan fingerprint density at radius 3 is 1.54 bits per heavy atom. The van der Waals surface area contributed by atoms with E-state index in [2.05, 4.69) is 145 Å². The molecule has 0 fully saturated rings. The molecule has 0 unspecified atom stereocenters. The molecule has 0 saturated carbocycles. The third-order valence-electron chi connectivity index (χ3n) is 9.73. The summed E-state index contributed by atoms with van der Waals surface area (Å²) in [6.07, 6.45) is 3.67. The Morgan fingerprint density at radius 2 is 0.833 bits per heavy atom. The summed E-state index contributed by atoms with van der Waals surface area (Å²) >= 11 is 0. The summed E-state index contributed by atoms with van der Waals surface area (Å²) in [5, 5.41) is 10.7. The Balaban J connectivity index is 1.08. The van der Waals surface area contributed by atoms with Crippen molar-refractivity contribution >= 4 is 65.0 Å². The molecule has 0 aliphatic heterocycles. The Bertz CT molecular complexity index is 2870. The average Bonchev–Trinajstić information content (AvgIpc) is 3.17. The molecule has 0 aliphatic carbocycles. The number of rotatable bonds is 3. The van der Waals surface area contributed by atoms with Crippen LogP contribution < -0.4 is 0 Å². The molecule has 0 spiro atoms. The molecule has 3 heteroatoms. The van der Waals surface area contributed by atoms with Gasteiger partial charge < -0.3 is 0 Å².